The second kappa shape index (κ2) is 6.89. The van der Waals surface area contributed by atoms with Gasteiger partial charge in [0.05, 0.1) is 0 Å². The lowest BCUT2D eigenvalue weighted by Crippen LogP contribution is -2.16. The van der Waals surface area contributed by atoms with E-state index >= 15 is 0 Å². The molecule has 0 bridgehead atoms. The molecule has 1 amide bonds. The molecule has 0 saturated heterocycles. The number of carbonyl (C=O) groups is 1. The molecular weight excluding hydrogens is 358 g/mol. The Morgan fingerprint density at radius 1 is 1.03 bits per heavy atom. The average Bonchev–Trinajstić information content (AvgIpc) is 3.47. The number of benzene rings is 2. The standard InChI is InChI=1S/C25H23N3O/c1-16-12-13-28-22(14-16)26-23(19-11-7-6-8-17(19)2)24(28)27-25(29)21-15-20(21)18-9-4-3-5-10-18/h3-14,20-21H,15H2,1-2H3,(H,27,29)/t20-,21?/m0/s1. The molecular formula is C25H23N3O. The van der Waals surface area contributed by atoms with Crippen molar-refractivity contribution in [2.45, 2.75) is 26.2 Å². The third kappa shape index (κ3) is 3.21. The summed E-state index contributed by atoms with van der Waals surface area (Å²) in [6, 6.07) is 22.5. The van der Waals surface area contributed by atoms with Crippen molar-refractivity contribution >= 4 is 17.4 Å². The van der Waals surface area contributed by atoms with Crippen LogP contribution in [0.15, 0.2) is 72.9 Å². The highest BCUT2D eigenvalue weighted by molar-refractivity contribution is 5.98. The van der Waals surface area contributed by atoms with E-state index in [0.717, 1.165) is 40.3 Å². The van der Waals surface area contributed by atoms with E-state index in [0.29, 0.717) is 5.92 Å². The molecule has 5 rings (SSSR count). The first-order valence-electron chi connectivity index (χ1n) is 10.0. The third-order valence-corrected chi connectivity index (χ3v) is 5.78. The summed E-state index contributed by atoms with van der Waals surface area (Å²) in [5.41, 5.74) is 6.22. The first-order chi connectivity index (χ1) is 14.1. The van der Waals surface area contributed by atoms with Crippen molar-refractivity contribution < 1.29 is 4.79 Å². The molecule has 144 valence electrons. The number of anilines is 1. The fraction of sp³-hybridized carbons (Fsp3) is 0.200. The summed E-state index contributed by atoms with van der Waals surface area (Å²) in [5, 5.41) is 3.20. The number of amides is 1. The monoisotopic (exact) mass is 381 g/mol. The van der Waals surface area contributed by atoms with Crippen molar-refractivity contribution in [3.8, 4) is 11.3 Å². The van der Waals surface area contributed by atoms with E-state index < -0.39 is 0 Å². The molecule has 1 aliphatic carbocycles. The van der Waals surface area contributed by atoms with Gasteiger partial charge >= 0.3 is 0 Å². The van der Waals surface area contributed by atoms with Crippen LogP contribution in [0.2, 0.25) is 0 Å². The summed E-state index contributed by atoms with van der Waals surface area (Å²) in [6.07, 6.45) is 2.88. The van der Waals surface area contributed by atoms with Gasteiger partial charge in [-0.25, -0.2) is 4.98 Å². The summed E-state index contributed by atoms with van der Waals surface area (Å²) in [5.74, 6) is 1.13. The number of rotatable bonds is 4. The Kier molecular flexibility index (Phi) is 4.20. The third-order valence-electron chi connectivity index (χ3n) is 5.78. The van der Waals surface area contributed by atoms with Gasteiger partial charge in [-0.1, -0.05) is 54.6 Å². The Balaban J connectivity index is 1.52. The summed E-state index contributed by atoms with van der Waals surface area (Å²) < 4.78 is 1.98. The molecule has 2 heterocycles. The molecule has 1 aliphatic rings. The zero-order valence-corrected chi connectivity index (χ0v) is 16.6. The molecule has 0 spiro atoms. The number of nitrogens with zero attached hydrogens (tertiary/aromatic N) is 2. The van der Waals surface area contributed by atoms with E-state index in [1.165, 1.54) is 5.56 Å². The number of nitrogens with one attached hydrogen (secondary N) is 1. The summed E-state index contributed by atoms with van der Waals surface area (Å²) >= 11 is 0. The van der Waals surface area contributed by atoms with Gasteiger partial charge in [0.25, 0.3) is 0 Å². The number of fused-ring (bicyclic) bond motifs is 1. The van der Waals surface area contributed by atoms with Crippen molar-refractivity contribution in [1.82, 2.24) is 9.38 Å². The maximum Gasteiger partial charge on any atom is 0.229 e. The number of carbonyl (C=O) groups excluding carboxylic acids is 1. The van der Waals surface area contributed by atoms with Crippen molar-refractivity contribution in [3.05, 3.63) is 89.6 Å². The van der Waals surface area contributed by atoms with Gasteiger partial charge in [-0.3, -0.25) is 9.20 Å². The van der Waals surface area contributed by atoms with Crippen molar-refractivity contribution in [1.29, 1.82) is 0 Å². The zero-order valence-electron chi connectivity index (χ0n) is 16.6. The number of pyridine rings is 1. The van der Waals surface area contributed by atoms with Crippen LogP contribution < -0.4 is 5.32 Å². The molecule has 1 fully saturated rings. The molecule has 4 heteroatoms. The van der Waals surface area contributed by atoms with Crippen LogP contribution in [-0.4, -0.2) is 15.3 Å². The van der Waals surface area contributed by atoms with Gasteiger partial charge in [-0.2, -0.15) is 0 Å². The van der Waals surface area contributed by atoms with Gasteiger partial charge < -0.3 is 5.32 Å². The van der Waals surface area contributed by atoms with Gasteiger partial charge in [0.2, 0.25) is 5.91 Å². The highest BCUT2D eigenvalue weighted by Gasteiger charge is 2.44. The molecule has 2 aromatic heterocycles. The van der Waals surface area contributed by atoms with Gasteiger partial charge in [-0.15, -0.1) is 0 Å². The minimum atomic E-state index is 0.0121. The lowest BCUT2D eigenvalue weighted by Gasteiger charge is -2.09. The molecule has 2 aromatic carbocycles. The van der Waals surface area contributed by atoms with Crippen LogP contribution in [0.4, 0.5) is 5.82 Å². The predicted octanol–water partition coefficient (Wildman–Crippen LogP) is 5.36. The Morgan fingerprint density at radius 2 is 1.79 bits per heavy atom. The number of aryl methyl sites for hydroxylation is 2. The Morgan fingerprint density at radius 3 is 2.59 bits per heavy atom. The van der Waals surface area contributed by atoms with E-state index in [9.17, 15) is 4.79 Å². The normalized spacial score (nSPS) is 18.0. The molecule has 2 atom stereocenters. The first kappa shape index (κ1) is 17.7. The Hall–Kier alpha value is -3.40. The van der Waals surface area contributed by atoms with E-state index in [-0.39, 0.29) is 11.8 Å². The van der Waals surface area contributed by atoms with Crippen LogP contribution >= 0.6 is 0 Å². The highest BCUT2D eigenvalue weighted by atomic mass is 16.2. The van der Waals surface area contributed by atoms with Gasteiger partial charge in [0, 0.05) is 17.7 Å². The molecule has 0 aliphatic heterocycles. The summed E-state index contributed by atoms with van der Waals surface area (Å²) in [4.78, 5) is 17.9. The number of hydrogen-bond donors (Lipinski definition) is 1. The fourth-order valence-electron chi connectivity index (χ4n) is 4.06. The van der Waals surface area contributed by atoms with Crippen LogP contribution in [0.25, 0.3) is 16.9 Å². The zero-order chi connectivity index (χ0) is 20.0. The maximum absolute atomic E-state index is 13.1. The van der Waals surface area contributed by atoms with Gasteiger partial charge in [0.15, 0.2) is 0 Å². The van der Waals surface area contributed by atoms with Crippen molar-refractivity contribution in [2.75, 3.05) is 5.32 Å². The van der Waals surface area contributed by atoms with Crippen LogP contribution in [0.1, 0.15) is 29.0 Å². The molecule has 4 aromatic rings. The molecule has 1 unspecified atom stereocenters. The number of aromatic nitrogens is 2. The van der Waals surface area contributed by atoms with E-state index in [1.54, 1.807) is 0 Å². The molecule has 4 nitrogen and oxygen atoms in total. The smallest absolute Gasteiger partial charge is 0.229 e. The van der Waals surface area contributed by atoms with E-state index in [1.807, 2.05) is 53.1 Å². The minimum Gasteiger partial charge on any atom is -0.310 e. The van der Waals surface area contributed by atoms with Crippen LogP contribution in [0, 0.1) is 19.8 Å². The number of imidazole rings is 1. The fourth-order valence-corrected chi connectivity index (χ4v) is 4.06. The van der Waals surface area contributed by atoms with E-state index in [2.05, 4.69) is 43.4 Å². The summed E-state index contributed by atoms with van der Waals surface area (Å²) in [6.45, 7) is 4.12. The lowest BCUT2D eigenvalue weighted by molar-refractivity contribution is -0.117. The van der Waals surface area contributed by atoms with Gasteiger partial charge in [-0.05, 0) is 55.0 Å². The second-order valence-corrected chi connectivity index (χ2v) is 7.90. The first-order valence-corrected chi connectivity index (χ1v) is 10.0. The second-order valence-electron chi connectivity index (χ2n) is 7.90. The van der Waals surface area contributed by atoms with E-state index in [4.69, 9.17) is 4.98 Å². The van der Waals surface area contributed by atoms with Crippen LogP contribution in [0.5, 0.6) is 0 Å². The van der Waals surface area contributed by atoms with Crippen LogP contribution in [0.3, 0.4) is 0 Å². The molecule has 0 radical (unpaired) electrons. The molecule has 29 heavy (non-hydrogen) atoms. The summed E-state index contributed by atoms with van der Waals surface area (Å²) in [7, 11) is 0. The van der Waals surface area contributed by atoms with Crippen LogP contribution in [-0.2, 0) is 4.79 Å². The minimum absolute atomic E-state index is 0.0121. The average molecular weight is 381 g/mol. The SMILES string of the molecule is Cc1ccn2c(NC(=O)C3C[C@H]3c3ccccc3)c(-c3ccccc3C)nc2c1. The Bertz CT molecular complexity index is 1210. The van der Waals surface area contributed by atoms with Gasteiger partial charge in [0.1, 0.15) is 17.2 Å². The maximum atomic E-state index is 13.1. The quantitative estimate of drug-likeness (QED) is 0.517. The Labute approximate surface area is 170 Å². The van der Waals surface area contributed by atoms with Crippen molar-refractivity contribution in [2.24, 2.45) is 5.92 Å². The largest absolute Gasteiger partial charge is 0.310 e. The number of hydrogen-bond acceptors (Lipinski definition) is 2. The highest BCUT2D eigenvalue weighted by Crippen LogP contribution is 2.48. The topological polar surface area (TPSA) is 46.4 Å². The predicted molar refractivity (Wildman–Crippen MR) is 116 cm³/mol. The molecule has 1 saturated carbocycles. The van der Waals surface area contributed by atoms with Crippen molar-refractivity contribution in [3.63, 3.8) is 0 Å². The molecule has 1 N–H and O–H groups in total. The lowest BCUT2D eigenvalue weighted by atomic mass is 10.1.